The van der Waals surface area contributed by atoms with Crippen LogP contribution in [-0.2, 0) is 13.0 Å². The van der Waals surface area contributed by atoms with Crippen molar-refractivity contribution >= 4 is 5.91 Å². The number of amides is 1. The van der Waals surface area contributed by atoms with Gasteiger partial charge in [0.1, 0.15) is 0 Å². The highest BCUT2D eigenvalue weighted by Gasteiger charge is 2.16. The van der Waals surface area contributed by atoms with Gasteiger partial charge in [-0.2, -0.15) is 10.4 Å². The van der Waals surface area contributed by atoms with Gasteiger partial charge in [-0.3, -0.25) is 4.79 Å². The summed E-state index contributed by atoms with van der Waals surface area (Å²) in [6, 6.07) is 19.0. The maximum absolute atomic E-state index is 12.5. The first-order valence-electron chi connectivity index (χ1n) is 8.12. The number of hydrogen-bond acceptors (Lipinski definition) is 3. The molecule has 1 heterocycles. The molecule has 0 bridgehead atoms. The highest BCUT2D eigenvalue weighted by atomic mass is 16.1. The molecule has 3 rings (SSSR count). The minimum atomic E-state index is -0.150. The molecule has 2 aromatic carbocycles. The standard InChI is InChI=1S/C20H18N4O/c1-2-19-18(14-23-24(19)17-6-4-3-5-7-17)20(25)22-13-16-10-8-15(12-21)9-11-16/h3-11,14H,2,13H2,1H3,(H,22,25). The lowest BCUT2D eigenvalue weighted by molar-refractivity contribution is 0.0950. The van der Waals surface area contributed by atoms with Gasteiger partial charge in [-0.25, -0.2) is 4.68 Å². The largest absolute Gasteiger partial charge is 0.348 e. The smallest absolute Gasteiger partial charge is 0.255 e. The number of nitrogens with one attached hydrogen (secondary N) is 1. The Morgan fingerprint density at radius 2 is 1.88 bits per heavy atom. The summed E-state index contributed by atoms with van der Waals surface area (Å²) < 4.78 is 1.80. The third-order valence-corrected chi connectivity index (χ3v) is 3.99. The Labute approximate surface area is 146 Å². The normalized spacial score (nSPS) is 10.2. The maximum atomic E-state index is 12.5. The fourth-order valence-corrected chi connectivity index (χ4v) is 2.67. The van der Waals surface area contributed by atoms with Crippen molar-refractivity contribution in [3.05, 3.63) is 83.2 Å². The van der Waals surface area contributed by atoms with Crippen LogP contribution in [0.15, 0.2) is 60.8 Å². The highest BCUT2D eigenvalue weighted by Crippen LogP contribution is 2.16. The van der Waals surface area contributed by atoms with Crippen LogP contribution in [0.5, 0.6) is 0 Å². The zero-order valence-electron chi connectivity index (χ0n) is 13.9. The molecule has 1 aromatic heterocycles. The molecule has 0 saturated carbocycles. The number of hydrogen-bond donors (Lipinski definition) is 1. The maximum Gasteiger partial charge on any atom is 0.255 e. The monoisotopic (exact) mass is 330 g/mol. The third kappa shape index (κ3) is 3.59. The number of rotatable bonds is 5. The molecule has 0 fully saturated rings. The summed E-state index contributed by atoms with van der Waals surface area (Å²) in [5.41, 5.74) is 3.95. The van der Waals surface area contributed by atoms with E-state index in [4.69, 9.17) is 5.26 Å². The van der Waals surface area contributed by atoms with Crippen LogP contribution in [0.1, 0.15) is 34.1 Å². The van der Waals surface area contributed by atoms with Crippen LogP contribution in [0.4, 0.5) is 0 Å². The van der Waals surface area contributed by atoms with Crippen molar-refractivity contribution in [1.29, 1.82) is 5.26 Å². The van der Waals surface area contributed by atoms with Gasteiger partial charge in [0.05, 0.1) is 34.8 Å². The predicted molar refractivity (Wildman–Crippen MR) is 95.3 cm³/mol. The predicted octanol–water partition coefficient (Wildman–Crippen LogP) is 3.24. The zero-order valence-corrected chi connectivity index (χ0v) is 13.9. The second kappa shape index (κ2) is 7.45. The molecule has 0 saturated heterocycles. The van der Waals surface area contributed by atoms with Gasteiger partial charge >= 0.3 is 0 Å². The minimum Gasteiger partial charge on any atom is -0.348 e. The number of nitrogens with zero attached hydrogens (tertiary/aromatic N) is 3. The molecular weight excluding hydrogens is 312 g/mol. The summed E-state index contributed by atoms with van der Waals surface area (Å²) in [6.45, 7) is 2.41. The summed E-state index contributed by atoms with van der Waals surface area (Å²) in [5, 5.41) is 16.1. The van der Waals surface area contributed by atoms with Gasteiger partial charge in [0.25, 0.3) is 5.91 Å². The van der Waals surface area contributed by atoms with Gasteiger partial charge in [-0.1, -0.05) is 37.3 Å². The highest BCUT2D eigenvalue weighted by molar-refractivity contribution is 5.95. The van der Waals surface area contributed by atoms with E-state index in [0.29, 0.717) is 24.1 Å². The van der Waals surface area contributed by atoms with E-state index in [0.717, 1.165) is 16.9 Å². The minimum absolute atomic E-state index is 0.150. The van der Waals surface area contributed by atoms with E-state index in [2.05, 4.69) is 16.5 Å². The number of aromatic nitrogens is 2. The van der Waals surface area contributed by atoms with Crippen molar-refractivity contribution in [3.8, 4) is 11.8 Å². The fraction of sp³-hybridized carbons (Fsp3) is 0.150. The van der Waals surface area contributed by atoms with Gasteiger partial charge in [-0.15, -0.1) is 0 Å². The molecule has 5 heteroatoms. The molecule has 1 N–H and O–H groups in total. The van der Waals surface area contributed by atoms with E-state index in [1.807, 2.05) is 49.4 Å². The van der Waals surface area contributed by atoms with Gasteiger partial charge in [-0.05, 0) is 36.2 Å². The van der Waals surface area contributed by atoms with Crippen LogP contribution < -0.4 is 5.32 Å². The lowest BCUT2D eigenvalue weighted by Gasteiger charge is -2.08. The Kier molecular flexibility index (Phi) is 4.91. The van der Waals surface area contributed by atoms with Crippen LogP contribution in [0.25, 0.3) is 5.69 Å². The van der Waals surface area contributed by atoms with Crippen molar-refractivity contribution in [1.82, 2.24) is 15.1 Å². The van der Waals surface area contributed by atoms with Gasteiger partial charge in [0.15, 0.2) is 0 Å². The van der Waals surface area contributed by atoms with E-state index in [1.165, 1.54) is 0 Å². The number of carbonyl (C=O) groups is 1. The molecule has 25 heavy (non-hydrogen) atoms. The van der Waals surface area contributed by atoms with Crippen LogP contribution in [-0.4, -0.2) is 15.7 Å². The number of para-hydroxylation sites is 1. The van der Waals surface area contributed by atoms with Gasteiger partial charge in [0, 0.05) is 6.54 Å². The third-order valence-electron chi connectivity index (χ3n) is 3.99. The Morgan fingerprint density at radius 3 is 2.52 bits per heavy atom. The van der Waals surface area contributed by atoms with E-state index < -0.39 is 0 Å². The molecule has 0 radical (unpaired) electrons. The lowest BCUT2D eigenvalue weighted by Crippen LogP contribution is -2.23. The molecule has 1 amide bonds. The Balaban J connectivity index is 1.76. The van der Waals surface area contributed by atoms with Crippen LogP contribution in [0.3, 0.4) is 0 Å². The van der Waals surface area contributed by atoms with Crippen molar-refractivity contribution in [2.45, 2.75) is 19.9 Å². The molecule has 5 nitrogen and oxygen atoms in total. The van der Waals surface area contributed by atoms with Crippen molar-refractivity contribution in [2.24, 2.45) is 0 Å². The SMILES string of the molecule is CCc1c(C(=O)NCc2ccc(C#N)cc2)cnn1-c1ccccc1. The molecule has 0 unspecified atom stereocenters. The molecule has 0 aliphatic heterocycles. The number of carbonyl (C=O) groups excluding carboxylic acids is 1. The Morgan fingerprint density at radius 1 is 1.16 bits per heavy atom. The lowest BCUT2D eigenvalue weighted by atomic mass is 10.1. The number of benzene rings is 2. The molecule has 0 spiro atoms. The summed E-state index contributed by atoms with van der Waals surface area (Å²) in [5.74, 6) is -0.150. The number of nitriles is 1. The van der Waals surface area contributed by atoms with Crippen LogP contribution >= 0.6 is 0 Å². The van der Waals surface area contributed by atoms with E-state index in [9.17, 15) is 4.79 Å². The summed E-state index contributed by atoms with van der Waals surface area (Å²) in [7, 11) is 0. The van der Waals surface area contributed by atoms with E-state index in [-0.39, 0.29) is 5.91 Å². The van der Waals surface area contributed by atoms with E-state index >= 15 is 0 Å². The second-order valence-electron chi connectivity index (χ2n) is 5.60. The van der Waals surface area contributed by atoms with E-state index in [1.54, 1.807) is 23.0 Å². The summed E-state index contributed by atoms with van der Waals surface area (Å²) in [4.78, 5) is 12.5. The summed E-state index contributed by atoms with van der Waals surface area (Å²) >= 11 is 0. The first kappa shape index (κ1) is 16.5. The molecule has 0 atom stereocenters. The Bertz CT molecular complexity index is 905. The van der Waals surface area contributed by atoms with Gasteiger partial charge in [0.2, 0.25) is 0 Å². The average molecular weight is 330 g/mol. The molecule has 0 aliphatic carbocycles. The van der Waals surface area contributed by atoms with Crippen LogP contribution in [0.2, 0.25) is 0 Å². The summed E-state index contributed by atoms with van der Waals surface area (Å²) in [6.07, 6.45) is 2.31. The first-order valence-corrected chi connectivity index (χ1v) is 8.12. The molecule has 0 aliphatic rings. The van der Waals surface area contributed by atoms with Crippen molar-refractivity contribution in [2.75, 3.05) is 0 Å². The van der Waals surface area contributed by atoms with Crippen molar-refractivity contribution < 1.29 is 4.79 Å². The topological polar surface area (TPSA) is 70.7 Å². The quantitative estimate of drug-likeness (QED) is 0.781. The zero-order chi connectivity index (χ0) is 17.6. The molecular formula is C20H18N4O. The molecule has 3 aromatic rings. The Hall–Kier alpha value is -3.39. The van der Waals surface area contributed by atoms with Crippen LogP contribution in [0, 0.1) is 11.3 Å². The first-order chi connectivity index (χ1) is 12.2. The van der Waals surface area contributed by atoms with Gasteiger partial charge < -0.3 is 5.32 Å². The fourth-order valence-electron chi connectivity index (χ4n) is 2.67. The average Bonchev–Trinajstić information content (AvgIpc) is 3.11. The van der Waals surface area contributed by atoms with Crippen molar-refractivity contribution in [3.63, 3.8) is 0 Å². The molecule has 124 valence electrons. The second-order valence-corrected chi connectivity index (χ2v) is 5.60.